The maximum atomic E-state index is 11.5. The Morgan fingerprint density at radius 3 is 2.62 bits per heavy atom. The van der Waals surface area contributed by atoms with Gasteiger partial charge in [-0.15, -0.1) is 0 Å². The van der Waals surface area contributed by atoms with Crippen molar-refractivity contribution in [3.05, 3.63) is 35.9 Å². The van der Waals surface area contributed by atoms with Crippen LogP contribution in [0.4, 0.5) is 4.53 Å². The molecule has 0 aliphatic carbocycles. The maximum Gasteiger partial charge on any atom is 0.361 e. The van der Waals surface area contributed by atoms with E-state index in [1.54, 1.807) is 0 Å². The van der Waals surface area contributed by atoms with Gasteiger partial charge in [-0.2, -0.15) is 0 Å². The molecule has 0 bridgehead atoms. The molecule has 2 nitrogen and oxygen atoms in total. The van der Waals surface area contributed by atoms with E-state index < -0.39 is 9.89 Å². The molecule has 0 saturated carbocycles. The number of carbonyl (C=O) groups excluding carboxylic acids is 1. The standard InChI is InChI=1S/C9H8FIO2/c10-13-9(12)8(11)6-7-4-2-1-3-5-7/h1-5,8H,6H2. The van der Waals surface area contributed by atoms with Crippen LogP contribution < -0.4 is 0 Å². The van der Waals surface area contributed by atoms with Crippen molar-refractivity contribution in [3.63, 3.8) is 0 Å². The van der Waals surface area contributed by atoms with E-state index >= 15 is 0 Å². The molecule has 0 aliphatic heterocycles. The van der Waals surface area contributed by atoms with E-state index in [0.29, 0.717) is 6.42 Å². The van der Waals surface area contributed by atoms with Gasteiger partial charge in [0.05, 0.1) is 0 Å². The summed E-state index contributed by atoms with van der Waals surface area (Å²) in [5.74, 6) is -0.829. The van der Waals surface area contributed by atoms with Crippen LogP contribution in [0.2, 0.25) is 0 Å². The summed E-state index contributed by atoms with van der Waals surface area (Å²) >= 11 is 1.86. The van der Waals surface area contributed by atoms with Gasteiger partial charge in [0.15, 0.2) is 0 Å². The van der Waals surface area contributed by atoms with Crippen molar-refractivity contribution in [3.8, 4) is 0 Å². The predicted molar refractivity (Wildman–Crippen MR) is 55.2 cm³/mol. The molecule has 1 aromatic rings. The monoisotopic (exact) mass is 294 g/mol. The number of halogens is 2. The van der Waals surface area contributed by atoms with E-state index in [-0.39, 0.29) is 0 Å². The first-order valence-corrected chi connectivity index (χ1v) is 4.99. The minimum Gasteiger partial charge on any atom is -0.254 e. The Morgan fingerprint density at radius 2 is 2.08 bits per heavy atom. The van der Waals surface area contributed by atoms with Crippen LogP contribution >= 0.6 is 22.6 Å². The molecule has 0 aromatic heterocycles. The van der Waals surface area contributed by atoms with Gasteiger partial charge in [-0.05, 0) is 12.0 Å². The molecule has 70 valence electrons. The molecule has 0 spiro atoms. The van der Waals surface area contributed by atoms with Crippen molar-refractivity contribution in [1.29, 1.82) is 0 Å². The van der Waals surface area contributed by atoms with Gasteiger partial charge in [0, 0.05) is 4.53 Å². The molecule has 0 amide bonds. The fourth-order valence-corrected chi connectivity index (χ4v) is 1.56. The second-order valence-electron chi connectivity index (χ2n) is 2.55. The molecule has 1 aromatic carbocycles. The molecule has 1 rings (SSSR count). The molecule has 0 saturated heterocycles. The molecule has 0 fully saturated rings. The second-order valence-corrected chi connectivity index (χ2v) is 4.06. The van der Waals surface area contributed by atoms with Crippen LogP contribution in [0.15, 0.2) is 30.3 Å². The van der Waals surface area contributed by atoms with Gasteiger partial charge in [0.1, 0.15) is 3.92 Å². The van der Waals surface area contributed by atoms with E-state index in [1.807, 2.05) is 52.9 Å². The molecule has 0 N–H and O–H groups in total. The number of hydrogen-bond donors (Lipinski definition) is 0. The summed E-state index contributed by atoms with van der Waals surface area (Å²) in [7, 11) is 0. The minimum absolute atomic E-state index is 0.468. The third-order valence-corrected chi connectivity index (χ3v) is 2.54. The van der Waals surface area contributed by atoms with Gasteiger partial charge >= 0.3 is 5.97 Å². The van der Waals surface area contributed by atoms with Gasteiger partial charge in [0.2, 0.25) is 0 Å². The lowest BCUT2D eigenvalue weighted by molar-refractivity contribution is -0.182. The maximum absolute atomic E-state index is 11.5. The normalized spacial score (nSPS) is 12.2. The average molecular weight is 294 g/mol. The van der Waals surface area contributed by atoms with Crippen molar-refractivity contribution in [2.45, 2.75) is 10.3 Å². The van der Waals surface area contributed by atoms with Crippen LogP contribution in [0.5, 0.6) is 0 Å². The summed E-state index contributed by atoms with van der Waals surface area (Å²) in [6.07, 6.45) is 0.490. The Labute approximate surface area is 89.1 Å². The van der Waals surface area contributed by atoms with E-state index in [9.17, 15) is 9.32 Å². The fraction of sp³-hybridized carbons (Fsp3) is 0.222. The summed E-state index contributed by atoms with van der Waals surface area (Å²) in [6.45, 7) is 0. The van der Waals surface area contributed by atoms with Crippen molar-refractivity contribution in [2.24, 2.45) is 0 Å². The van der Waals surface area contributed by atoms with Crippen molar-refractivity contribution >= 4 is 28.6 Å². The Morgan fingerprint density at radius 1 is 1.46 bits per heavy atom. The Bertz CT molecular complexity index is 276. The summed E-state index contributed by atoms with van der Waals surface area (Å²) in [5.41, 5.74) is 0.993. The molecule has 1 atom stereocenters. The van der Waals surface area contributed by atoms with Gasteiger partial charge in [-0.25, -0.2) is 4.79 Å². The Balaban J connectivity index is 2.55. The zero-order chi connectivity index (χ0) is 9.68. The summed E-state index contributed by atoms with van der Waals surface area (Å²) in [4.78, 5) is 13.8. The molecular formula is C9H8FIO2. The molecule has 0 heterocycles. The summed E-state index contributed by atoms with van der Waals surface area (Å²) in [6, 6.07) is 9.41. The van der Waals surface area contributed by atoms with Crippen molar-refractivity contribution < 1.29 is 14.3 Å². The van der Waals surface area contributed by atoms with Crippen LogP contribution in [0, 0.1) is 0 Å². The topological polar surface area (TPSA) is 26.3 Å². The van der Waals surface area contributed by atoms with Crippen LogP contribution in [-0.4, -0.2) is 9.89 Å². The first-order valence-electron chi connectivity index (χ1n) is 3.74. The van der Waals surface area contributed by atoms with Crippen LogP contribution in [0.25, 0.3) is 0 Å². The third kappa shape index (κ3) is 3.30. The van der Waals surface area contributed by atoms with Crippen molar-refractivity contribution in [1.82, 2.24) is 0 Å². The summed E-state index contributed by atoms with van der Waals surface area (Å²) < 4.78 is 11.0. The Hall–Kier alpha value is -0.650. The van der Waals surface area contributed by atoms with E-state index in [1.165, 1.54) is 0 Å². The molecule has 4 heteroatoms. The predicted octanol–water partition coefficient (Wildman–Crippen LogP) is 2.46. The van der Waals surface area contributed by atoms with Crippen LogP contribution in [0.3, 0.4) is 0 Å². The lowest BCUT2D eigenvalue weighted by atomic mass is 10.1. The number of benzene rings is 1. The minimum atomic E-state index is -0.829. The van der Waals surface area contributed by atoms with E-state index in [0.717, 1.165) is 5.56 Å². The molecule has 0 radical (unpaired) electrons. The molecule has 1 unspecified atom stereocenters. The lowest BCUT2D eigenvalue weighted by Crippen LogP contribution is -2.16. The highest BCUT2D eigenvalue weighted by atomic mass is 127. The number of alkyl halides is 1. The second kappa shape index (κ2) is 5.16. The number of carbonyl (C=O) groups is 1. The smallest absolute Gasteiger partial charge is 0.254 e. The van der Waals surface area contributed by atoms with Gasteiger partial charge in [0.25, 0.3) is 0 Å². The number of rotatable bonds is 3. The Kier molecular flexibility index (Phi) is 4.14. The first kappa shape index (κ1) is 10.4. The van der Waals surface area contributed by atoms with E-state index in [4.69, 9.17) is 0 Å². The largest absolute Gasteiger partial charge is 0.361 e. The van der Waals surface area contributed by atoms with Crippen LogP contribution in [0.1, 0.15) is 5.56 Å². The third-order valence-electron chi connectivity index (χ3n) is 1.59. The zero-order valence-electron chi connectivity index (χ0n) is 6.74. The van der Waals surface area contributed by atoms with Crippen molar-refractivity contribution in [2.75, 3.05) is 0 Å². The molecule has 13 heavy (non-hydrogen) atoms. The zero-order valence-corrected chi connectivity index (χ0v) is 8.90. The average Bonchev–Trinajstić information content (AvgIpc) is 2.18. The highest BCUT2D eigenvalue weighted by Gasteiger charge is 2.17. The fourth-order valence-electron chi connectivity index (χ4n) is 0.953. The van der Waals surface area contributed by atoms with E-state index in [2.05, 4.69) is 4.94 Å². The highest BCUT2D eigenvalue weighted by molar-refractivity contribution is 14.1. The van der Waals surface area contributed by atoms with Gasteiger partial charge in [-0.3, -0.25) is 4.94 Å². The quantitative estimate of drug-likeness (QED) is 0.632. The highest BCUT2D eigenvalue weighted by Crippen LogP contribution is 2.11. The first-order chi connectivity index (χ1) is 6.24. The van der Waals surface area contributed by atoms with Gasteiger partial charge in [-0.1, -0.05) is 52.9 Å². The van der Waals surface area contributed by atoms with Crippen LogP contribution in [-0.2, 0) is 16.2 Å². The molecule has 0 aliphatic rings. The van der Waals surface area contributed by atoms with Gasteiger partial charge < -0.3 is 0 Å². The summed E-state index contributed by atoms with van der Waals surface area (Å²) in [5, 5.41) is 0. The molecular weight excluding hydrogens is 286 g/mol. The SMILES string of the molecule is O=C(OF)C(I)Cc1ccccc1. The number of hydrogen-bond acceptors (Lipinski definition) is 2. The lowest BCUT2D eigenvalue weighted by Gasteiger charge is -2.04.